The van der Waals surface area contributed by atoms with Gasteiger partial charge >= 0.3 is 0 Å². The Morgan fingerprint density at radius 3 is 2.81 bits per heavy atom. The second-order valence-corrected chi connectivity index (χ2v) is 4.71. The first-order valence-corrected chi connectivity index (χ1v) is 6.94. The van der Waals surface area contributed by atoms with E-state index in [4.69, 9.17) is 21.1 Å². The summed E-state index contributed by atoms with van der Waals surface area (Å²) in [7, 11) is 0. The minimum absolute atomic E-state index is 0.131. The maximum absolute atomic E-state index is 5.90. The molecular formula is C13H14ClN5O2. The summed E-state index contributed by atoms with van der Waals surface area (Å²) in [4.78, 5) is 12.3. The fourth-order valence-electron chi connectivity index (χ4n) is 1.83. The van der Waals surface area contributed by atoms with E-state index in [1.54, 1.807) is 0 Å². The van der Waals surface area contributed by atoms with Crippen LogP contribution >= 0.6 is 11.6 Å². The van der Waals surface area contributed by atoms with Gasteiger partial charge in [0.1, 0.15) is 0 Å². The predicted molar refractivity (Wildman–Crippen MR) is 79.5 cm³/mol. The first-order chi connectivity index (χ1) is 10.2. The van der Waals surface area contributed by atoms with Crippen LogP contribution in [0.25, 0.3) is 0 Å². The molecule has 7 nitrogen and oxygen atoms in total. The molecule has 0 saturated carbocycles. The lowest BCUT2D eigenvalue weighted by molar-refractivity contribution is 0.174. The Morgan fingerprint density at radius 2 is 1.95 bits per heavy atom. The molecule has 2 N–H and O–H groups in total. The average Bonchev–Trinajstić information content (AvgIpc) is 2.92. The number of anilines is 3. The monoisotopic (exact) mass is 307 g/mol. The molecule has 2 heterocycles. The molecule has 0 amide bonds. The Morgan fingerprint density at radius 1 is 1.14 bits per heavy atom. The van der Waals surface area contributed by atoms with Gasteiger partial charge in [0.05, 0.1) is 0 Å². The number of aromatic nitrogens is 3. The van der Waals surface area contributed by atoms with Crippen molar-refractivity contribution in [3.8, 4) is 11.5 Å². The number of rotatable bonds is 5. The van der Waals surface area contributed by atoms with Crippen LogP contribution in [0.5, 0.6) is 11.5 Å². The number of benzene rings is 1. The number of nitrogens with zero attached hydrogens (tertiary/aromatic N) is 3. The van der Waals surface area contributed by atoms with E-state index < -0.39 is 0 Å². The molecule has 0 saturated heterocycles. The van der Waals surface area contributed by atoms with Crippen LogP contribution in [-0.4, -0.2) is 28.3 Å². The third kappa shape index (κ3) is 3.25. The Labute approximate surface area is 126 Å². The van der Waals surface area contributed by atoms with Gasteiger partial charge in [-0.2, -0.15) is 15.0 Å². The molecule has 0 aliphatic carbocycles. The van der Waals surface area contributed by atoms with Gasteiger partial charge in [0, 0.05) is 18.3 Å². The van der Waals surface area contributed by atoms with E-state index in [9.17, 15) is 0 Å². The highest BCUT2D eigenvalue weighted by Gasteiger charge is 2.14. The van der Waals surface area contributed by atoms with Gasteiger partial charge in [0.15, 0.2) is 11.5 Å². The van der Waals surface area contributed by atoms with Crippen molar-refractivity contribution in [2.75, 3.05) is 24.0 Å². The van der Waals surface area contributed by atoms with E-state index in [0.29, 0.717) is 17.6 Å². The van der Waals surface area contributed by atoms with Crippen LogP contribution in [0.3, 0.4) is 0 Å². The Kier molecular flexibility index (Phi) is 3.92. The standard InChI is InChI=1S/C13H14ClN5O2/c1-2-5-15-12-17-11(14)18-13(19-12)16-8-3-4-9-10(6-8)21-7-20-9/h3-4,6H,2,5,7H2,1H3,(H2,15,16,17,18,19). The summed E-state index contributed by atoms with van der Waals surface area (Å²) in [6.45, 7) is 3.06. The largest absolute Gasteiger partial charge is 0.454 e. The van der Waals surface area contributed by atoms with Crippen molar-refractivity contribution in [1.82, 2.24) is 15.0 Å². The number of nitrogens with one attached hydrogen (secondary N) is 2. The minimum atomic E-state index is 0.131. The number of ether oxygens (including phenoxy) is 2. The van der Waals surface area contributed by atoms with Crippen molar-refractivity contribution in [2.45, 2.75) is 13.3 Å². The van der Waals surface area contributed by atoms with Gasteiger partial charge in [-0.25, -0.2) is 0 Å². The SMILES string of the molecule is CCCNc1nc(Cl)nc(Nc2ccc3c(c2)OCO3)n1. The third-order valence-corrected chi connectivity index (χ3v) is 2.94. The topological polar surface area (TPSA) is 81.2 Å². The highest BCUT2D eigenvalue weighted by atomic mass is 35.5. The van der Waals surface area contributed by atoms with Crippen molar-refractivity contribution in [2.24, 2.45) is 0 Å². The van der Waals surface area contributed by atoms with E-state index >= 15 is 0 Å². The molecule has 0 fully saturated rings. The van der Waals surface area contributed by atoms with E-state index in [0.717, 1.165) is 24.4 Å². The van der Waals surface area contributed by atoms with Crippen molar-refractivity contribution in [3.05, 3.63) is 23.5 Å². The van der Waals surface area contributed by atoms with E-state index in [2.05, 4.69) is 32.5 Å². The lowest BCUT2D eigenvalue weighted by Gasteiger charge is -2.08. The van der Waals surface area contributed by atoms with Crippen molar-refractivity contribution in [1.29, 1.82) is 0 Å². The number of halogens is 1. The molecule has 8 heteroatoms. The van der Waals surface area contributed by atoms with Gasteiger partial charge in [0.2, 0.25) is 24.0 Å². The molecule has 3 rings (SSSR count). The fourth-order valence-corrected chi connectivity index (χ4v) is 1.99. The first-order valence-electron chi connectivity index (χ1n) is 6.56. The molecule has 0 radical (unpaired) electrons. The van der Waals surface area contributed by atoms with Gasteiger partial charge in [-0.3, -0.25) is 0 Å². The van der Waals surface area contributed by atoms with Crippen LogP contribution in [0.2, 0.25) is 5.28 Å². The van der Waals surface area contributed by atoms with Crippen molar-refractivity contribution >= 4 is 29.2 Å². The normalized spacial score (nSPS) is 12.3. The Bertz CT molecular complexity index is 652. The van der Waals surface area contributed by atoms with E-state index in [-0.39, 0.29) is 12.1 Å². The Balaban J connectivity index is 1.79. The van der Waals surface area contributed by atoms with Gasteiger partial charge in [-0.15, -0.1) is 0 Å². The minimum Gasteiger partial charge on any atom is -0.454 e. The maximum atomic E-state index is 5.90. The molecule has 1 aromatic carbocycles. The first kappa shape index (κ1) is 13.7. The molecule has 0 spiro atoms. The Hall–Kier alpha value is -2.28. The predicted octanol–water partition coefficient (Wildman–Crippen LogP) is 2.82. The second-order valence-electron chi connectivity index (χ2n) is 4.37. The number of hydrogen-bond acceptors (Lipinski definition) is 7. The molecule has 2 aromatic rings. The quantitative estimate of drug-likeness (QED) is 0.879. The van der Waals surface area contributed by atoms with Gasteiger partial charge in [-0.05, 0) is 30.2 Å². The molecule has 0 atom stereocenters. The van der Waals surface area contributed by atoms with Crippen LogP contribution in [0.15, 0.2) is 18.2 Å². The van der Waals surface area contributed by atoms with E-state index in [1.807, 2.05) is 18.2 Å². The lowest BCUT2D eigenvalue weighted by Crippen LogP contribution is -2.07. The smallest absolute Gasteiger partial charge is 0.233 e. The van der Waals surface area contributed by atoms with Crippen molar-refractivity contribution in [3.63, 3.8) is 0 Å². The highest BCUT2D eigenvalue weighted by Crippen LogP contribution is 2.34. The van der Waals surface area contributed by atoms with Gasteiger partial charge in [-0.1, -0.05) is 6.92 Å². The van der Waals surface area contributed by atoms with Crippen LogP contribution in [-0.2, 0) is 0 Å². The zero-order valence-corrected chi connectivity index (χ0v) is 12.1. The molecule has 1 aliphatic heterocycles. The summed E-state index contributed by atoms with van der Waals surface area (Å²) in [5.74, 6) is 2.22. The number of hydrogen-bond donors (Lipinski definition) is 2. The highest BCUT2D eigenvalue weighted by molar-refractivity contribution is 6.28. The molecule has 110 valence electrons. The third-order valence-electron chi connectivity index (χ3n) is 2.77. The van der Waals surface area contributed by atoms with Gasteiger partial charge in [0.25, 0.3) is 0 Å². The number of fused-ring (bicyclic) bond motifs is 1. The molecule has 21 heavy (non-hydrogen) atoms. The summed E-state index contributed by atoms with van der Waals surface area (Å²) in [6.07, 6.45) is 0.966. The molecule has 1 aliphatic rings. The lowest BCUT2D eigenvalue weighted by atomic mass is 10.3. The molecule has 0 unspecified atom stereocenters. The summed E-state index contributed by atoms with van der Waals surface area (Å²) >= 11 is 5.90. The molecule has 1 aromatic heterocycles. The maximum Gasteiger partial charge on any atom is 0.233 e. The zero-order valence-electron chi connectivity index (χ0n) is 11.4. The van der Waals surface area contributed by atoms with Crippen LogP contribution < -0.4 is 20.1 Å². The van der Waals surface area contributed by atoms with Gasteiger partial charge < -0.3 is 20.1 Å². The van der Waals surface area contributed by atoms with E-state index in [1.165, 1.54) is 0 Å². The van der Waals surface area contributed by atoms with Crippen molar-refractivity contribution < 1.29 is 9.47 Å². The van der Waals surface area contributed by atoms with Crippen LogP contribution in [0.1, 0.15) is 13.3 Å². The second kappa shape index (κ2) is 6.01. The average molecular weight is 308 g/mol. The summed E-state index contributed by atoms with van der Waals surface area (Å²) in [5.41, 5.74) is 0.781. The zero-order chi connectivity index (χ0) is 14.7. The summed E-state index contributed by atoms with van der Waals surface area (Å²) in [6, 6.07) is 5.49. The summed E-state index contributed by atoms with van der Waals surface area (Å²) < 4.78 is 10.6. The molecule has 0 bridgehead atoms. The summed E-state index contributed by atoms with van der Waals surface area (Å²) in [5, 5.41) is 6.27. The van der Waals surface area contributed by atoms with Crippen LogP contribution in [0.4, 0.5) is 17.6 Å². The molecular weight excluding hydrogens is 294 g/mol. The van der Waals surface area contributed by atoms with Crippen LogP contribution in [0, 0.1) is 0 Å². The fraction of sp³-hybridized carbons (Fsp3) is 0.308.